The van der Waals surface area contributed by atoms with Crippen LogP contribution >= 0.6 is 23.2 Å². The lowest BCUT2D eigenvalue weighted by molar-refractivity contribution is -0.138. The van der Waals surface area contributed by atoms with Crippen LogP contribution in [0.5, 0.6) is 17.2 Å². The van der Waals surface area contributed by atoms with Crippen LogP contribution in [0, 0.1) is 23.7 Å². The zero-order valence-electron chi connectivity index (χ0n) is 31.9. The van der Waals surface area contributed by atoms with Crippen molar-refractivity contribution in [1.29, 1.82) is 0 Å². The molecule has 6 atom stereocenters. The lowest BCUT2D eigenvalue weighted by Crippen LogP contribution is -2.53. The third kappa shape index (κ3) is 6.10. The minimum Gasteiger partial charge on any atom is -0.508 e. The second kappa shape index (κ2) is 14.8. The first kappa shape index (κ1) is 38.2. The number of nitrogens with zero attached hydrogens (tertiary/aromatic N) is 2. The lowest BCUT2D eigenvalue weighted by atomic mass is 9.49. The Morgan fingerprint density at radius 3 is 2.12 bits per heavy atom. The highest BCUT2D eigenvalue weighted by Crippen LogP contribution is 2.65. The Morgan fingerprint density at radius 2 is 1.44 bits per heavy atom. The van der Waals surface area contributed by atoms with Crippen LogP contribution in [-0.2, 0) is 24.6 Å². The smallest absolute Gasteiger partial charge is 0.260 e. The number of carbonyl (C=O) groups excluding carboxylic acids is 4. The summed E-state index contributed by atoms with van der Waals surface area (Å²) in [5.41, 5.74) is 5.31. The molecule has 4 amide bonds. The van der Waals surface area contributed by atoms with E-state index < -0.39 is 46.8 Å². The number of phenolic OH excluding ortho intramolecular Hbond substituents is 1. The van der Waals surface area contributed by atoms with Gasteiger partial charge < -0.3 is 19.9 Å². The zero-order valence-corrected chi connectivity index (χ0v) is 33.4. The first-order valence-electron chi connectivity index (χ1n) is 19.2. The number of phenols is 1. The van der Waals surface area contributed by atoms with Gasteiger partial charge in [0, 0.05) is 33.9 Å². The van der Waals surface area contributed by atoms with Gasteiger partial charge in [0.25, 0.3) is 11.8 Å². The van der Waals surface area contributed by atoms with E-state index in [2.05, 4.69) is 10.7 Å². The monoisotopic (exact) mass is 828 g/mol. The van der Waals surface area contributed by atoms with E-state index in [1.54, 1.807) is 60.7 Å². The van der Waals surface area contributed by atoms with Crippen molar-refractivity contribution < 1.29 is 33.8 Å². The molecule has 0 spiro atoms. The third-order valence-electron chi connectivity index (χ3n) is 12.3. The molecule has 59 heavy (non-hydrogen) atoms. The number of para-hydroxylation sites is 1. The van der Waals surface area contributed by atoms with Crippen LogP contribution in [0.3, 0.4) is 0 Å². The van der Waals surface area contributed by atoms with Crippen molar-refractivity contribution >= 4 is 69.6 Å². The molecule has 1 saturated carbocycles. The average molecular weight is 830 g/mol. The molecule has 5 aromatic rings. The van der Waals surface area contributed by atoms with E-state index in [1.165, 1.54) is 31.3 Å². The Labute approximate surface area is 350 Å². The maximum atomic E-state index is 15.5. The van der Waals surface area contributed by atoms with Gasteiger partial charge in [-0.05, 0) is 97.1 Å². The van der Waals surface area contributed by atoms with Gasteiger partial charge in [0.05, 0.1) is 53.8 Å². The fourth-order valence-corrected chi connectivity index (χ4v) is 10.2. The second-order valence-electron chi connectivity index (χ2n) is 15.2. The molecule has 2 aliphatic heterocycles. The number of imide groups is 2. The standard InChI is InChI=1S/C46H38Cl2N4O7/c1-58-30-15-8-25(9-16-30)46-36(43(55)52(45(46)57)50-38-21-10-26(47)22-37(38)48)24-35-32(41(46)33-18-17-31(59-2)23-39(33)53)19-20-34-40(35)44(56)51(42(34)54)29-13-11-28(12-14-29)49-27-6-4-3-5-7-27/h3-19,21-23,34-36,40-41,49-50,53H,20,24H2,1-2H3. The molecule has 3 fully saturated rings. The van der Waals surface area contributed by atoms with Crippen LogP contribution in [-0.4, -0.2) is 48.0 Å². The van der Waals surface area contributed by atoms with E-state index in [9.17, 15) is 14.7 Å². The summed E-state index contributed by atoms with van der Waals surface area (Å²) in [6.45, 7) is 0. The Hall–Kier alpha value is -6.30. The summed E-state index contributed by atoms with van der Waals surface area (Å²) >= 11 is 12.8. The molecule has 11 nitrogen and oxygen atoms in total. The molecule has 4 aliphatic rings. The Bertz CT molecular complexity index is 2550. The number of amides is 4. The van der Waals surface area contributed by atoms with E-state index in [0.29, 0.717) is 38.9 Å². The molecule has 3 N–H and O–H groups in total. The van der Waals surface area contributed by atoms with Crippen molar-refractivity contribution in [2.75, 3.05) is 29.9 Å². The van der Waals surface area contributed by atoms with Crippen LogP contribution in [0.15, 0.2) is 127 Å². The summed E-state index contributed by atoms with van der Waals surface area (Å²) in [6.07, 6.45) is 2.22. The number of benzene rings is 5. The number of halogens is 2. The van der Waals surface area contributed by atoms with Gasteiger partial charge in [-0.1, -0.05) is 71.2 Å². The number of methoxy groups -OCH3 is 2. The van der Waals surface area contributed by atoms with Crippen molar-refractivity contribution in [1.82, 2.24) is 5.01 Å². The fraction of sp³-hybridized carbons (Fsp3) is 0.217. The number of nitrogens with one attached hydrogen (secondary N) is 2. The van der Waals surface area contributed by atoms with E-state index in [-0.39, 0.29) is 41.1 Å². The third-order valence-corrected chi connectivity index (χ3v) is 12.9. The maximum absolute atomic E-state index is 15.5. The number of hydrogen-bond donors (Lipinski definition) is 3. The number of ether oxygens (including phenoxy) is 2. The van der Waals surface area contributed by atoms with Crippen LogP contribution < -0.4 is 25.1 Å². The summed E-state index contributed by atoms with van der Waals surface area (Å²) < 4.78 is 10.9. The quantitative estimate of drug-likeness (QED) is 0.0985. The molecule has 0 bridgehead atoms. The summed E-state index contributed by atoms with van der Waals surface area (Å²) in [5, 5.41) is 16.7. The maximum Gasteiger partial charge on any atom is 0.260 e. The number of carbonyl (C=O) groups is 4. The predicted octanol–water partition coefficient (Wildman–Crippen LogP) is 8.65. The molecule has 298 valence electrons. The van der Waals surface area contributed by atoms with Gasteiger partial charge >= 0.3 is 0 Å². The Morgan fingerprint density at radius 1 is 0.746 bits per heavy atom. The van der Waals surface area contributed by atoms with Gasteiger partial charge in [-0.2, -0.15) is 5.01 Å². The van der Waals surface area contributed by atoms with Crippen LogP contribution in [0.4, 0.5) is 22.7 Å². The highest BCUT2D eigenvalue weighted by atomic mass is 35.5. The van der Waals surface area contributed by atoms with E-state index in [0.717, 1.165) is 16.4 Å². The first-order chi connectivity index (χ1) is 28.5. The molecular formula is C46H38Cl2N4O7. The molecule has 6 unspecified atom stereocenters. The molecule has 2 heterocycles. The normalized spacial score (nSPS) is 24.6. The van der Waals surface area contributed by atoms with Gasteiger partial charge in [0.15, 0.2) is 0 Å². The minimum atomic E-state index is -1.64. The number of hydrogen-bond acceptors (Lipinski definition) is 9. The van der Waals surface area contributed by atoms with Crippen LogP contribution in [0.25, 0.3) is 0 Å². The van der Waals surface area contributed by atoms with Crippen LogP contribution in [0.2, 0.25) is 10.0 Å². The summed E-state index contributed by atoms with van der Waals surface area (Å²) in [5.74, 6) is -5.27. The minimum absolute atomic E-state index is 0.0658. The molecule has 5 aromatic carbocycles. The summed E-state index contributed by atoms with van der Waals surface area (Å²) in [7, 11) is 3.02. The van der Waals surface area contributed by atoms with Crippen molar-refractivity contribution in [3.05, 3.63) is 148 Å². The van der Waals surface area contributed by atoms with Crippen molar-refractivity contribution in [3.63, 3.8) is 0 Å². The highest BCUT2D eigenvalue weighted by Gasteiger charge is 2.70. The number of anilines is 4. The lowest BCUT2D eigenvalue weighted by Gasteiger charge is -2.50. The SMILES string of the molecule is COc1ccc(C23C(=O)N(Nc4ccc(Cl)cc4Cl)C(=O)C2CC2C(=CCC4C(=O)N(c5ccc(Nc6ccccc6)cc5)C(=O)C42)C3c2ccc(OC)cc2O)cc1. The van der Waals surface area contributed by atoms with E-state index in [4.69, 9.17) is 32.7 Å². The van der Waals surface area contributed by atoms with Crippen molar-refractivity contribution in [2.45, 2.75) is 24.2 Å². The summed E-state index contributed by atoms with van der Waals surface area (Å²) in [6, 6.07) is 33.3. The Balaban J connectivity index is 1.17. The molecule has 2 aliphatic carbocycles. The highest BCUT2D eigenvalue weighted by molar-refractivity contribution is 6.36. The van der Waals surface area contributed by atoms with Gasteiger partial charge in [-0.25, -0.2) is 0 Å². The molecular weight excluding hydrogens is 791 g/mol. The predicted molar refractivity (Wildman–Crippen MR) is 224 cm³/mol. The van der Waals surface area contributed by atoms with Gasteiger partial charge in [-0.3, -0.25) is 29.5 Å². The van der Waals surface area contributed by atoms with Gasteiger partial charge in [0.2, 0.25) is 11.8 Å². The molecule has 9 rings (SSSR count). The first-order valence-corrected chi connectivity index (χ1v) is 19.9. The van der Waals surface area contributed by atoms with Crippen LogP contribution in [0.1, 0.15) is 29.9 Å². The number of aromatic hydroxyl groups is 1. The molecule has 0 radical (unpaired) electrons. The second-order valence-corrected chi connectivity index (χ2v) is 16.0. The topological polar surface area (TPSA) is 138 Å². The van der Waals surface area contributed by atoms with Crippen molar-refractivity contribution in [3.8, 4) is 17.2 Å². The van der Waals surface area contributed by atoms with E-state index >= 15 is 9.59 Å². The number of allylic oxidation sites excluding steroid dienone is 2. The molecule has 13 heteroatoms. The van der Waals surface area contributed by atoms with Gasteiger partial charge in [0.1, 0.15) is 17.2 Å². The largest absolute Gasteiger partial charge is 0.508 e. The summed E-state index contributed by atoms with van der Waals surface area (Å²) in [4.78, 5) is 60.9. The fourth-order valence-electron chi connectivity index (χ4n) is 9.72. The van der Waals surface area contributed by atoms with Gasteiger partial charge in [-0.15, -0.1) is 0 Å². The van der Waals surface area contributed by atoms with Crippen molar-refractivity contribution in [2.24, 2.45) is 23.7 Å². The zero-order chi connectivity index (χ0) is 41.2. The number of fused-ring (bicyclic) bond motifs is 4. The number of rotatable bonds is 9. The van der Waals surface area contributed by atoms with E-state index in [1.807, 2.05) is 48.5 Å². The number of hydrazine groups is 1. The average Bonchev–Trinajstić information content (AvgIpc) is 3.63. The Kier molecular flexibility index (Phi) is 9.60. The molecule has 0 aromatic heterocycles. The molecule has 2 saturated heterocycles.